The summed E-state index contributed by atoms with van der Waals surface area (Å²) in [6.07, 6.45) is 3.27. The molecule has 158 valence electrons. The molecular formula is C20H14Br2N4O2S3. The Labute approximate surface area is 207 Å². The van der Waals surface area contributed by atoms with Crippen molar-refractivity contribution in [1.82, 2.24) is 9.97 Å². The fraction of sp³-hybridized carbons (Fsp3) is 0.100. The Kier molecular flexibility index (Phi) is 7.07. The number of phenols is 1. The highest BCUT2D eigenvalue weighted by molar-refractivity contribution is 9.11. The van der Waals surface area contributed by atoms with Crippen molar-refractivity contribution in [2.24, 2.45) is 4.99 Å². The quantitative estimate of drug-likeness (QED) is 0.187. The number of benzene rings is 2. The predicted molar refractivity (Wildman–Crippen MR) is 136 cm³/mol. The van der Waals surface area contributed by atoms with Crippen LogP contribution in [0.2, 0.25) is 0 Å². The van der Waals surface area contributed by atoms with Gasteiger partial charge in [0, 0.05) is 27.8 Å². The lowest BCUT2D eigenvalue weighted by Crippen LogP contribution is -2.22. The van der Waals surface area contributed by atoms with Crippen LogP contribution in [-0.2, 0) is 4.79 Å². The van der Waals surface area contributed by atoms with Crippen molar-refractivity contribution in [2.75, 3.05) is 5.32 Å². The van der Waals surface area contributed by atoms with Gasteiger partial charge in [-0.1, -0.05) is 27.7 Å². The lowest BCUT2D eigenvalue weighted by atomic mass is 10.2. The lowest BCUT2D eigenvalue weighted by molar-refractivity contribution is -0.115. The molecule has 0 saturated carbocycles. The van der Waals surface area contributed by atoms with E-state index in [2.05, 4.69) is 52.1 Å². The number of carbonyl (C=O) groups excluding carboxylic acids is 1. The molecule has 0 spiro atoms. The third-order valence-corrected chi connectivity index (χ3v) is 8.03. The van der Waals surface area contributed by atoms with Crippen LogP contribution < -0.4 is 5.32 Å². The van der Waals surface area contributed by atoms with Crippen LogP contribution in [0.5, 0.6) is 5.75 Å². The summed E-state index contributed by atoms with van der Waals surface area (Å²) >= 11 is 11.0. The first kappa shape index (κ1) is 22.4. The van der Waals surface area contributed by atoms with Gasteiger partial charge in [0.2, 0.25) is 5.91 Å². The highest BCUT2D eigenvalue weighted by Gasteiger charge is 2.18. The van der Waals surface area contributed by atoms with Crippen LogP contribution in [-0.4, -0.2) is 32.4 Å². The second-order valence-electron chi connectivity index (χ2n) is 6.30. The number of thioether (sulfide) groups is 1. The summed E-state index contributed by atoms with van der Waals surface area (Å²) in [6.45, 7) is 1.85. The number of phenolic OH excluding ortho intramolecular Hbond substituents is 1. The number of amides is 1. The van der Waals surface area contributed by atoms with Crippen molar-refractivity contribution in [1.29, 1.82) is 0 Å². The predicted octanol–water partition coefficient (Wildman–Crippen LogP) is 6.85. The number of nitrogens with one attached hydrogen (secondary N) is 1. The number of fused-ring (bicyclic) bond motifs is 1. The Morgan fingerprint density at radius 3 is 2.94 bits per heavy atom. The average Bonchev–Trinajstić information content (AvgIpc) is 3.38. The van der Waals surface area contributed by atoms with E-state index >= 15 is 0 Å². The van der Waals surface area contributed by atoms with Crippen LogP contribution in [0.4, 0.5) is 10.8 Å². The number of nitrogens with zero attached hydrogens (tertiary/aromatic N) is 3. The van der Waals surface area contributed by atoms with Gasteiger partial charge in [0.15, 0.2) is 9.47 Å². The number of aromatic nitrogens is 2. The minimum atomic E-state index is -0.306. The third-order valence-electron chi connectivity index (χ3n) is 4.07. The van der Waals surface area contributed by atoms with Gasteiger partial charge >= 0.3 is 0 Å². The van der Waals surface area contributed by atoms with Crippen molar-refractivity contribution in [3.63, 3.8) is 0 Å². The summed E-state index contributed by atoms with van der Waals surface area (Å²) < 4.78 is 3.22. The summed E-state index contributed by atoms with van der Waals surface area (Å²) in [7, 11) is 0. The normalized spacial score (nSPS) is 12.5. The molecule has 0 aliphatic heterocycles. The van der Waals surface area contributed by atoms with Crippen LogP contribution in [0.3, 0.4) is 0 Å². The minimum absolute atomic E-state index is 0.107. The number of halogens is 2. The molecule has 11 heteroatoms. The molecule has 1 atom stereocenters. The fourth-order valence-electron chi connectivity index (χ4n) is 2.55. The second kappa shape index (κ2) is 9.78. The Bertz CT molecular complexity index is 1280. The number of aliphatic imine (C=N–C) groups is 1. The van der Waals surface area contributed by atoms with Crippen molar-refractivity contribution in [3.05, 3.63) is 56.4 Å². The zero-order valence-electron chi connectivity index (χ0n) is 15.9. The first-order valence-corrected chi connectivity index (χ1v) is 13.0. The molecule has 2 aromatic carbocycles. The van der Waals surface area contributed by atoms with Gasteiger partial charge in [-0.3, -0.25) is 9.79 Å². The number of aromatic hydroxyl groups is 1. The second-order valence-corrected chi connectivity index (χ2v) is 11.6. The Morgan fingerprint density at radius 1 is 1.32 bits per heavy atom. The number of carbonyl (C=O) groups is 1. The van der Waals surface area contributed by atoms with E-state index in [1.807, 2.05) is 30.5 Å². The summed E-state index contributed by atoms with van der Waals surface area (Å²) in [5, 5.41) is 15.1. The molecule has 31 heavy (non-hydrogen) atoms. The van der Waals surface area contributed by atoms with Gasteiger partial charge in [-0.25, -0.2) is 9.97 Å². The standard InChI is InChI=1S/C20H14Br2N4O2S3/c1-10(18(28)26-19-23-4-5-29-19)30-20-25-15-3-2-13(8-16(15)31-20)24-9-11-6-12(21)7-14(22)17(11)27/h2-10,27H,1H3,(H,23,26,28)/t10-/m0/s1. The Hall–Kier alpha value is -1.79. The molecule has 4 rings (SSSR count). The molecule has 0 radical (unpaired) electrons. The number of hydrogen-bond acceptors (Lipinski definition) is 8. The smallest absolute Gasteiger partial charge is 0.239 e. The fourth-order valence-corrected chi connectivity index (χ4v) is 6.58. The molecule has 6 nitrogen and oxygen atoms in total. The highest BCUT2D eigenvalue weighted by Crippen LogP contribution is 2.35. The van der Waals surface area contributed by atoms with E-state index in [0.29, 0.717) is 15.2 Å². The van der Waals surface area contributed by atoms with E-state index in [9.17, 15) is 9.90 Å². The Morgan fingerprint density at radius 2 is 2.16 bits per heavy atom. The average molecular weight is 598 g/mol. The van der Waals surface area contributed by atoms with Crippen LogP contribution >= 0.6 is 66.3 Å². The maximum atomic E-state index is 12.3. The van der Waals surface area contributed by atoms with Gasteiger partial charge in [0.25, 0.3) is 0 Å². The van der Waals surface area contributed by atoms with E-state index in [1.54, 1.807) is 24.5 Å². The number of rotatable bonds is 6. The molecule has 0 bridgehead atoms. The zero-order chi connectivity index (χ0) is 22.0. The lowest BCUT2D eigenvalue weighted by Gasteiger charge is -2.07. The number of thiazole rings is 2. The monoisotopic (exact) mass is 596 g/mol. The molecule has 2 heterocycles. The molecular weight excluding hydrogens is 584 g/mol. The maximum Gasteiger partial charge on any atom is 0.239 e. The molecule has 0 unspecified atom stereocenters. The summed E-state index contributed by atoms with van der Waals surface area (Å²) in [6, 6.07) is 9.28. The van der Waals surface area contributed by atoms with Gasteiger partial charge in [0.1, 0.15) is 5.75 Å². The number of hydrogen-bond donors (Lipinski definition) is 2. The van der Waals surface area contributed by atoms with Crippen molar-refractivity contribution in [3.8, 4) is 5.75 Å². The van der Waals surface area contributed by atoms with Gasteiger partial charge in [0.05, 0.1) is 25.6 Å². The van der Waals surface area contributed by atoms with Gasteiger partial charge < -0.3 is 10.4 Å². The van der Waals surface area contributed by atoms with Crippen molar-refractivity contribution in [2.45, 2.75) is 16.5 Å². The Balaban J connectivity index is 1.49. The topological polar surface area (TPSA) is 87.5 Å². The SMILES string of the molecule is C[C@H](Sc1nc2ccc(N=Cc3cc(Br)cc(Br)c3O)cc2s1)C(=O)Nc1nccs1. The van der Waals surface area contributed by atoms with Crippen LogP contribution in [0.1, 0.15) is 12.5 Å². The summed E-state index contributed by atoms with van der Waals surface area (Å²) in [5.41, 5.74) is 2.20. The van der Waals surface area contributed by atoms with Crippen molar-refractivity contribution >= 4 is 99.5 Å². The zero-order valence-corrected chi connectivity index (χ0v) is 21.5. The first-order chi connectivity index (χ1) is 14.9. The largest absolute Gasteiger partial charge is 0.506 e. The molecule has 0 fully saturated rings. The van der Waals surface area contributed by atoms with E-state index < -0.39 is 0 Å². The molecule has 2 aromatic heterocycles. The van der Waals surface area contributed by atoms with Gasteiger partial charge in [-0.2, -0.15) is 0 Å². The molecule has 4 aromatic rings. The van der Waals surface area contributed by atoms with E-state index in [4.69, 9.17) is 0 Å². The minimum Gasteiger partial charge on any atom is -0.506 e. The molecule has 0 aliphatic rings. The van der Waals surface area contributed by atoms with E-state index in [1.165, 1.54) is 34.4 Å². The van der Waals surface area contributed by atoms with Crippen molar-refractivity contribution < 1.29 is 9.90 Å². The van der Waals surface area contributed by atoms with Crippen LogP contribution in [0, 0.1) is 0 Å². The van der Waals surface area contributed by atoms with Gasteiger partial charge in [-0.05, 0) is 53.2 Å². The molecule has 0 aliphatic carbocycles. The highest BCUT2D eigenvalue weighted by atomic mass is 79.9. The van der Waals surface area contributed by atoms with Crippen LogP contribution in [0.25, 0.3) is 10.2 Å². The first-order valence-electron chi connectivity index (χ1n) is 8.89. The third kappa shape index (κ3) is 5.53. The summed E-state index contributed by atoms with van der Waals surface area (Å²) in [5.74, 6) is 0.0269. The van der Waals surface area contributed by atoms with Gasteiger partial charge in [-0.15, -0.1) is 22.7 Å². The van der Waals surface area contributed by atoms with E-state index in [0.717, 1.165) is 24.7 Å². The number of anilines is 1. The maximum absolute atomic E-state index is 12.3. The molecule has 1 amide bonds. The molecule has 0 saturated heterocycles. The summed E-state index contributed by atoms with van der Waals surface area (Å²) in [4.78, 5) is 25.5. The molecule has 2 N–H and O–H groups in total. The van der Waals surface area contributed by atoms with E-state index in [-0.39, 0.29) is 16.9 Å². The van der Waals surface area contributed by atoms with Crippen LogP contribution in [0.15, 0.2) is 60.2 Å².